The summed E-state index contributed by atoms with van der Waals surface area (Å²) in [4.78, 5) is 71.2. The molecule has 4 aliphatic rings. The number of pyridine rings is 4. The fraction of sp³-hybridized carbons (Fsp3) is 0.400. The second kappa shape index (κ2) is 21.7. The number of hydrogen-bond acceptors (Lipinski definition) is 18. The van der Waals surface area contributed by atoms with Gasteiger partial charge in [-0.15, -0.1) is 22.7 Å². The molecule has 6 aromatic heterocycles. The number of likely N-dealkylation sites (N-methyl/N-ethyl adjacent to an activating group) is 2. The summed E-state index contributed by atoms with van der Waals surface area (Å²) in [5.74, 6) is 3.49. The van der Waals surface area contributed by atoms with Gasteiger partial charge >= 0.3 is 5.97 Å². The number of hydrazine groups is 2. The number of nitrogens with zero attached hydrogens (tertiary/aromatic N) is 10. The van der Waals surface area contributed by atoms with Crippen LogP contribution in [-0.4, -0.2) is 176 Å². The van der Waals surface area contributed by atoms with Crippen LogP contribution >= 0.6 is 22.7 Å². The maximum atomic E-state index is 15.3. The molecule has 4 aliphatic heterocycles. The van der Waals surface area contributed by atoms with E-state index in [1.165, 1.54) is 34.8 Å². The number of carbonyl (C=O) groups excluding carboxylic acids is 2. The first-order valence-electron chi connectivity index (χ1n) is 24.3. The molecule has 23 heteroatoms. The van der Waals surface area contributed by atoms with Crippen LogP contribution in [0.2, 0.25) is 0 Å². The van der Waals surface area contributed by atoms with E-state index >= 15 is 4.39 Å². The van der Waals surface area contributed by atoms with Gasteiger partial charge in [-0.3, -0.25) is 34.5 Å². The van der Waals surface area contributed by atoms with Crippen LogP contribution in [0.5, 0.6) is 0 Å². The van der Waals surface area contributed by atoms with Gasteiger partial charge in [-0.2, -0.15) is 0 Å². The van der Waals surface area contributed by atoms with E-state index in [9.17, 15) is 23.6 Å². The molecule has 8 aromatic rings. The van der Waals surface area contributed by atoms with E-state index in [1.807, 2.05) is 79.8 Å². The van der Waals surface area contributed by atoms with Crippen LogP contribution in [0, 0.1) is 11.6 Å². The molecular formula is C50H56F2N12O7S2. The highest BCUT2D eigenvalue weighted by atomic mass is 32.1. The van der Waals surface area contributed by atoms with Gasteiger partial charge < -0.3 is 33.8 Å². The summed E-state index contributed by atoms with van der Waals surface area (Å²) in [5, 5.41) is 3.83. The third kappa shape index (κ3) is 10.1. The largest absolute Gasteiger partial charge is 0.462 e. The second-order valence-electron chi connectivity index (χ2n) is 18.1. The molecule has 0 saturated carbocycles. The van der Waals surface area contributed by atoms with Crippen LogP contribution in [0.1, 0.15) is 27.6 Å². The third-order valence-corrected chi connectivity index (χ3v) is 15.6. The number of carbonyl (C=O) groups is 2. The molecule has 73 heavy (non-hydrogen) atoms. The average molecular weight is 1040 g/mol. The highest BCUT2D eigenvalue weighted by Crippen LogP contribution is 2.34. The molecule has 4 saturated heterocycles. The normalized spacial score (nSPS) is 17.6. The summed E-state index contributed by atoms with van der Waals surface area (Å²) in [6, 6.07) is 17.6. The molecule has 0 atom stereocenters. The Kier molecular flexibility index (Phi) is 14.9. The zero-order valence-corrected chi connectivity index (χ0v) is 42.4. The number of hydrogen-bond donors (Lipinski definition) is 2. The van der Waals surface area contributed by atoms with Crippen molar-refractivity contribution in [2.45, 2.75) is 6.92 Å². The van der Waals surface area contributed by atoms with E-state index in [1.54, 1.807) is 11.3 Å². The molecule has 0 aliphatic carbocycles. The number of para-hydroxylation sites is 2. The van der Waals surface area contributed by atoms with Gasteiger partial charge in [0.15, 0.2) is 34.6 Å². The first kappa shape index (κ1) is 50.3. The smallest absolute Gasteiger partial charge is 0.345 e. The van der Waals surface area contributed by atoms with Gasteiger partial charge in [0.1, 0.15) is 20.8 Å². The van der Waals surface area contributed by atoms with Crippen LogP contribution in [0.15, 0.2) is 70.3 Å². The van der Waals surface area contributed by atoms with Crippen molar-refractivity contribution in [3.63, 3.8) is 0 Å². The minimum Gasteiger partial charge on any atom is -0.462 e. The molecule has 19 nitrogen and oxygen atoms in total. The van der Waals surface area contributed by atoms with E-state index < -0.39 is 34.4 Å². The molecule has 0 unspecified atom stereocenters. The van der Waals surface area contributed by atoms with Gasteiger partial charge in [-0.1, -0.05) is 24.3 Å². The molecule has 0 bridgehead atoms. The third-order valence-electron chi connectivity index (χ3n) is 13.3. The van der Waals surface area contributed by atoms with Crippen molar-refractivity contribution in [3.8, 4) is 0 Å². The topological polar surface area (TPSA) is 188 Å². The number of thiazole rings is 2. The summed E-state index contributed by atoms with van der Waals surface area (Å²) in [6.07, 6.45) is 0. The number of anilines is 2. The molecule has 2 aromatic carbocycles. The number of piperazine rings is 2. The van der Waals surface area contributed by atoms with Gasteiger partial charge in [0.05, 0.1) is 64.2 Å². The summed E-state index contributed by atoms with van der Waals surface area (Å²) in [6.45, 7) is 13.0. The summed E-state index contributed by atoms with van der Waals surface area (Å²) in [5.41, 5.74) is 4.01. The van der Waals surface area contributed by atoms with E-state index in [-0.39, 0.29) is 40.1 Å². The lowest BCUT2D eigenvalue weighted by molar-refractivity contribution is 0.0526. The van der Waals surface area contributed by atoms with E-state index in [0.29, 0.717) is 86.7 Å². The minimum atomic E-state index is -0.717. The van der Waals surface area contributed by atoms with E-state index in [2.05, 4.69) is 32.2 Å². The minimum absolute atomic E-state index is 0.0120. The van der Waals surface area contributed by atoms with Crippen molar-refractivity contribution in [1.29, 1.82) is 0 Å². The van der Waals surface area contributed by atoms with Gasteiger partial charge in [-0.25, -0.2) is 33.6 Å². The summed E-state index contributed by atoms with van der Waals surface area (Å²) in [7, 11) is 4.15. The number of rotatable bonds is 6. The zero-order valence-electron chi connectivity index (χ0n) is 40.8. The predicted molar refractivity (Wildman–Crippen MR) is 280 cm³/mol. The molecule has 3 N–H and O–H groups in total. The number of halogens is 2. The lowest BCUT2D eigenvalue weighted by Crippen LogP contribution is -2.53. The highest BCUT2D eigenvalue weighted by molar-refractivity contribution is 7.24. The Balaban J connectivity index is 0.000000147. The summed E-state index contributed by atoms with van der Waals surface area (Å²) >= 11 is 2.67. The SMILES string of the molecule is CCOC(=O)c1c(=O)c2cc(F)c(N3CCOCC3)nc2n2c1sc1ccccc12.CN1CCN(N)CC1.CN1CCN(NC(=O)c2c(=O)c3cc(F)c(N4CCOCC4)nc3n3c2sc2ccccc23)CC1. The Labute approximate surface area is 425 Å². The predicted octanol–water partition coefficient (Wildman–Crippen LogP) is 4.25. The van der Waals surface area contributed by atoms with Crippen molar-refractivity contribution < 1.29 is 32.6 Å². The van der Waals surface area contributed by atoms with Crippen LogP contribution in [0.25, 0.3) is 52.2 Å². The number of amides is 1. The molecule has 4 fully saturated rings. The van der Waals surface area contributed by atoms with Crippen LogP contribution in [0.3, 0.4) is 0 Å². The maximum absolute atomic E-state index is 15.3. The standard InChI is InChI=1S/C24H25FN6O3S.C21H18FN3O4S.C5H13N3/c1-28-6-8-30(9-7-28)27-23(33)19-20(32)15-14-16(25)22(29-10-12-34-13-11-29)26-21(15)31-17-4-2-3-5-18(17)35-24(19)31;1-2-29-21(27)16-17(26)12-11-13(22)19(24-7-9-28-10-8-24)23-18(12)25-14-5-3-4-6-15(14)30-20(16)25;1-7-2-4-8(6)5-3-7/h2-5,14H,6-13H2,1H3,(H,27,33);3-6,11H,2,7-10H2,1H3;2-6H2,1H3. The fourth-order valence-electron chi connectivity index (χ4n) is 9.32. The van der Waals surface area contributed by atoms with E-state index in [4.69, 9.17) is 20.1 Å². The quantitative estimate of drug-likeness (QED) is 0.178. The monoisotopic (exact) mass is 1040 g/mol. The Bertz CT molecular complexity index is 3480. The van der Waals surface area contributed by atoms with Crippen molar-refractivity contribution in [1.82, 2.24) is 44.0 Å². The molecule has 10 heterocycles. The van der Waals surface area contributed by atoms with Crippen molar-refractivity contribution in [2.24, 2.45) is 5.84 Å². The maximum Gasteiger partial charge on any atom is 0.345 e. The molecular weight excluding hydrogens is 983 g/mol. The molecule has 384 valence electrons. The Morgan fingerprint density at radius 3 is 1.56 bits per heavy atom. The highest BCUT2D eigenvalue weighted by Gasteiger charge is 2.29. The molecule has 1 amide bonds. The number of fused-ring (bicyclic) bond motifs is 10. The van der Waals surface area contributed by atoms with E-state index in [0.717, 1.165) is 59.7 Å². The van der Waals surface area contributed by atoms with Gasteiger partial charge in [0, 0.05) is 78.5 Å². The van der Waals surface area contributed by atoms with Gasteiger partial charge in [-0.05, 0) is 57.4 Å². The number of esters is 1. The number of morpholine rings is 2. The lowest BCUT2D eigenvalue weighted by Gasteiger charge is -2.32. The number of ether oxygens (including phenoxy) is 3. The first-order chi connectivity index (χ1) is 35.4. The Morgan fingerprint density at radius 1 is 0.658 bits per heavy atom. The van der Waals surface area contributed by atoms with Crippen molar-refractivity contribution in [3.05, 3.63) is 104 Å². The molecule has 0 radical (unpaired) electrons. The number of benzene rings is 2. The van der Waals surface area contributed by atoms with Crippen molar-refractivity contribution >= 4 is 98.3 Å². The molecule has 0 spiro atoms. The average Bonchev–Trinajstić information content (AvgIpc) is 3.98. The number of nitrogens with one attached hydrogen (secondary N) is 1. The van der Waals surface area contributed by atoms with Crippen LogP contribution in [0.4, 0.5) is 20.4 Å². The van der Waals surface area contributed by atoms with Crippen LogP contribution < -0.4 is 31.9 Å². The molecule has 12 rings (SSSR count). The number of nitrogens with two attached hydrogens (primary N) is 1. The second-order valence-corrected chi connectivity index (χ2v) is 20.2. The van der Waals surface area contributed by atoms with Gasteiger partial charge in [0.2, 0.25) is 10.9 Å². The fourth-order valence-corrected chi connectivity index (χ4v) is 11.7. The van der Waals surface area contributed by atoms with Gasteiger partial charge in [0.25, 0.3) is 5.91 Å². The summed E-state index contributed by atoms with van der Waals surface area (Å²) < 4.78 is 51.5. The number of aromatic nitrogens is 4. The van der Waals surface area contributed by atoms with Crippen molar-refractivity contribution in [2.75, 3.05) is 135 Å². The lowest BCUT2D eigenvalue weighted by atomic mass is 10.1. The zero-order chi connectivity index (χ0) is 50.9. The van der Waals surface area contributed by atoms with Crippen LogP contribution in [-0.2, 0) is 14.2 Å². The Hall–Kier alpha value is -6.28. The Morgan fingerprint density at radius 2 is 1.10 bits per heavy atom. The first-order valence-corrected chi connectivity index (χ1v) is 25.9.